The zero-order valence-electron chi connectivity index (χ0n) is 10.0. The molecule has 18 heavy (non-hydrogen) atoms. The molecule has 0 aromatic heterocycles. The largest absolute Gasteiger partial charge is 0.391 e. The Hall–Kier alpha value is -0.260. The van der Waals surface area contributed by atoms with Crippen molar-refractivity contribution >= 4 is 21.8 Å². The number of amides is 1. The molecule has 6 heteroatoms. The Balaban J connectivity index is 1.90. The molecule has 1 N–H and O–H groups in total. The van der Waals surface area contributed by atoms with Crippen molar-refractivity contribution in [3.8, 4) is 0 Å². The molecular weight excluding hydrogens is 311 g/mol. The lowest BCUT2D eigenvalue weighted by atomic mass is 9.80. The Bertz CT molecular complexity index is 328. The molecule has 104 valence electrons. The van der Waals surface area contributed by atoms with Gasteiger partial charge in [0.2, 0.25) is 5.91 Å². The third kappa shape index (κ3) is 3.19. The standard InChI is InChI=1S/C12H17BrF3NO/c13-7-11(4-5-11)17-10(18)8-2-1-3-9(6-8)12(14,15)16/h8-9H,1-7H2,(H,17,18). The summed E-state index contributed by atoms with van der Waals surface area (Å²) in [6.45, 7) is 0. The summed E-state index contributed by atoms with van der Waals surface area (Å²) in [6.07, 6.45) is -1.14. The van der Waals surface area contributed by atoms with E-state index in [-0.39, 0.29) is 24.3 Å². The number of hydrogen-bond donors (Lipinski definition) is 1. The molecule has 2 saturated carbocycles. The van der Waals surface area contributed by atoms with Crippen LogP contribution in [-0.4, -0.2) is 23.0 Å². The van der Waals surface area contributed by atoms with Crippen LogP contribution in [0.4, 0.5) is 13.2 Å². The van der Waals surface area contributed by atoms with Crippen LogP contribution in [0.3, 0.4) is 0 Å². The van der Waals surface area contributed by atoms with Gasteiger partial charge in [-0.2, -0.15) is 13.2 Å². The fourth-order valence-corrected chi connectivity index (χ4v) is 3.23. The quantitative estimate of drug-likeness (QED) is 0.791. The van der Waals surface area contributed by atoms with E-state index in [0.29, 0.717) is 18.2 Å². The smallest absolute Gasteiger partial charge is 0.350 e. The first-order valence-corrected chi connectivity index (χ1v) is 7.43. The maximum Gasteiger partial charge on any atom is 0.391 e. The summed E-state index contributed by atoms with van der Waals surface area (Å²) in [6, 6.07) is 0. The van der Waals surface area contributed by atoms with Gasteiger partial charge in [0.15, 0.2) is 0 Å². The Morgan fingerprint density at radius 3 is 2.50 bits per heavy atom. The molecule has 0 saturated heterocycles. The highest BCUT2D eigenvalue weighted by atomic mass is 79.9. The first kappa shape index (κ1) is 14.2. The average Bonchev–Trinajstić information content (AvgIpc) is 3.08. The fraction of sp³-hybridized carbons (Fsp3) is 0.917. The summed E-state index contributed by atoms with van der Waals surface area (Å²) in [5, 5.41) is 3.59. The van der Waals surface area contributed by atoms with Crippen LogP contribution >= 0.6 is 15.9 Å². The minimum atomic E-state index is -4.16. The van der Waals surface area contributed by atoms with Gasteiger partial charge in [0.05, 0.1) is 5.92 Å². The Kier molecular flexibility index (Phi) is 3.95. The van der Waals surface area contributed by atoms with Gasteiger partial charge in [-0.05, 0) is 32.1 Å². The number of carbonyl (C=O) groups excluding carboxylic acids is 1. The van der Waals surface area contributed by atoms with Gasteiger partial charge in [0.1, 0.15) is 0 Å². The van der Waals surface area contributed by atoms with E-state index in [4.69, 9.17) is 0 Å². The topological polar surface area (TPSA) is 29.1 Å². The van der Waals surface area contributed by atoms with Crippen LogP contribution in [0.2, 0.25) is 0 Å². The van der Waals surface area contributed by atoms with Gasteiger partial charge in [0.25, 0.3) is 0 Å². The van der Waals surface area contributed by atoms with Crippen LogP contribution < -0.4 is 5.32 Å². The number of alkyl halides is 4. The van der Waals surface area contributed by atoms with Crippen molar-refractivity contribution < 1.29 is 18.0 Å². The molecule has 0 heterocycles. The third-order valence-corrected chi connectivity index (χ3v) is 5.08. The maximum atomic E-state index is 12.7. The van der Waals surface area contributed by atoms with Crippen molar-refractivity contribution in [2.45, 2.75) is 50.2 Å². The second-order valence-corrected chi connectivity index (χ2v) is 6.07. The molecule has 0 radical (unpaired) electrons. The summed E-state index contributed by atoms with van der Waals surface area (Å²) in [5.74, 6) is -1.97. The highest BCUT2D eigenvalue weighted by Gasteiger charge is 2.47. The molecule has 2 nitrogen and oxygen atoms in total. The highest BCUT2D eigenvalue weighted by Crippen LogP contribution is 2.41. The SMILES string of the molecule is O=C(NC1(CBr)CC1)C1CCCC(C(F)(F)F)C1. The molecule has 2 atom stereocenters. The molecule has 0 aromatic rings. The molecule has 1 amide bonds. The second kappa shape index (κ2) is 5.02. The Morgan fingerprint density at radius 2 is 2.00 bits per heavy atom. The zero-order chi connectivity index (χ0) is 13.4. The van der Waals surface area contributed by atoms with Crippen molar-refractivity contribution in [2.75, 3.05) is 5.33 Å². The lowest BCUT2D eigenvalue weighted by Gasteiger charge is -2.30. The summed E-state index contributed by atoms with van der Waals surface area (Å²) in [4.78, 5) is 12.0. The van der Waals surface area contributed by atoms with Gasteiger partial charge in [-0.15, -0.1) is 0 Å². The van der Waals surface area contributed by atoms with Crippen molar-refractivity contribution in [1.82, 2.24) is 5.32 Å². The number of rotatable bonds is 3. The van der Waals surface area contributed by atoms with Crippen LogP contribution in [0.1, 0.15) is 38.5 Å². The van der Waals surface area contributed by atoms with Crippen LogP contribution in [0.15, 0.2) is 0 Å². The Morgan fingerprint density at radius 1 is 1.33 bits per heavy atom. The van der Waals surface area contributed by atoms with Crippen LogP contribution in [-0.2, 0) is 4.79 Å². The molecule has 2 fully saturated rings. The molecule has 2 aliphatic carbocycles. The van der Waals surface area contributed by atoms with Crippen molar-refractivity contribution in [3.05, 3.63) is 0 Å². The number of hydrogen-bond acceptors (Lipinski definition) is 1. The van der Waals surface area contributed by atoms with Crippen molar-refractivity contribution in [2.24, 2.45) is 11.8 Å². The highest BCUT2D eigenvalue weighted by molar-refractivity contribution is 9.09. The average molecular weight is 328 g/mol. The third-order valence-electron chi connectivity index (χ3n) is 4.01. The minimum absolute atomic E-state index is 0.0479. The van der Waals surface area contributed by atoms with E-state index in [2.05, 4.69) is 21.2 Å². The van der Waals surface area contributed by atoms with Crippen molar-refractivity contribution in [1.29, 1.82) is 0 Å². The summed E-state index contributed by atoms with van der Waals surface area (Å²) >= 11 is 3.33. The lowest BCUT2D eigenvalue weighted by Crippen LogP contribution is -2.44. The van der Waals surface area contributed by atoms with Gasteiger partial charge < -0.3 is 5.32 Å². The zero-order valence-corrected chi connectivity index (χ0v) is 11.6. The van der Waals surface area contributed by atoms with Gasteiger partial charge in [-0.3, -0.25) is 4.79 Å². The molecule has 0 aromatic carbocycles. The van der Waals surface area contributed by atoms with E-state index < -0.39 is 18.0 Å². The molecule has 0 bridgehead atoms. The van der Waals surface area contributed by atoms with E-state index in [1.54, 1.807) is 0 Å². The van der Waals surface area contributed by atoms with Gasteiger partial charge >= 0.3 is 6.18 Å². The number of nitrogens with one attached hydrogen (secondary N) is 1. The van der Waals surface area contributed by atoms with Gasteiger partial charge in [-0.25, -0.2) is 0 Å². The molecule has 0 spiro atoms. The van der Waals surface area contributed by atoms with E-state index in [9.17, 15) is 18.0 Å². The fourth-order valence-electron chi connectivity index (χ4n) is 2.53. The summed E-state index contributed by atoms with van der Waals surface area (Å²) < 4.78 is 38.0. The van der Waals surface area contributed by atoms with Crippen molar-refractivity contribution in [3.63, 3.8) is 0 Å². The van der Waals surface area contributed by atoms with Gasteiger partial charge in [0, 0.05) is 16.8 Å². The van der Waals surface area contributed by atoms with Crippen LogP contribution in [0.25, 0.3) is 0 Å². The molecule has 2 unspecified atom stereocenters. The molecular formula is C12H17BrF3NO. The Labute approximate surface area is 113 Å². The monoisotopic (exact) mass is 327 g/mol. The van der Waals surface area contributed by atoms with E-state index in [1.807, 2.05) is 0 Å². The normalized spacial score (nSPS) is 30.9. The first-order chi connectivity index (χ1) is 8.36. The minimum Gasteiger partial charge on any atom is -0.350 e. The summed E-state index contributed by atoms with van der Waals surface area (Å²) in [5.41, 5.74) is -0.178. The van der Waals surface area contributed by atoms with E-state index in [0.717, 1.165) is 12.8 Å². The summed E-state index contributed by atoms with van der Waals surface area (Å²) in [7, 11) is 0. The van der Waals surface area contributed by atoms with Crippen LogP contribution in [0, 0.1) is 11.8 Å². The predicted octanol–water partition coefficient (Wildman–Crippen LogP) is 3.40. The van der Waals surface area contributed by atoms with E-state index >= 15 is 0 Å². The second-order valence-electron chi connectivity index (χ2n) is 5.51. The number of carbonyl (C=O) groups is 1. The molecule has 2 aliphatic rings. The number of halogens is 4. The van der Waals surface area contributed by atoms with Gasteiger partial charge in [-0.1, -0.05) is 22.4 Å². The first-order valence-electron chi connectivity index (χ1n) is 6.31. The van der Waals surface area contributed by atoms with Crippen LogP contribution in [0.5, 0.6) is 0 Å². The molecule has 0 aliphatic heterocycles. The maximum absolute atomic E-state index is 12.7. The lowest BCUT2D eigenvalue weighted by molar-refractivity contribution is -0.186. The van der Waals surface area contributed by atoms with E-state index in [1.165, 1.54) is 0 Å². The molecule has 2 rings (SSSR count). The predicted molar refractivity (Wildman–Crippen MR) is 65.4 cm³/mol.